The number of likely N-dealkylation sites (tertiary alicyclic amines) is 1. The Morgan fingerprint density at radius 1 is 1.24 bits per heavy atom. The summed E-state index contributed by atoms with van der Waals surface area (Å²) in [6.45, 7) is 4.07. The number of rotatable bonds is 3. The van der Waals surface area contributed by atoms with Crippen molar-refractivity contribution in [2.75, 3.05) is 25.5 Å². The highest BCUT2D eigenvalue weighted by Crippen LogP contribution is 2.34. The first kappa shape index (κ1) is 16.4. The van der Waals surface area contributed by atoms with E-state index < -0.39 is 11.7 Å². The van der Waals surface area contributed by atoms with Crippen LogP contribution in [0.5, 0.6) is 0 Å². The van der Waals surface area contributed by atoms with Crippen LogP contribution >= 0.6 is 11.6 Å². The summed E-state index contributed by atoms with van der Waals surface area (Å²) in [5, 5.41) is 3.28. The highest BCUT2D eigenvalue weighted by atomic mass is 35.5. The van der Waals surface area contributed by atoms with Gasteiger partial charge in [-0.1, -0.05) is 11.6 Å². The standard InChI is InChI=1S/C15H20ClF3N2/c1-10(11-3-5-21(2)6-4-11)20-14-8-12(15(17,18)19)7-13(16)9-14/h7-11,20H,3-6H2,1-2H3. The number of nitrogens with zero attached hydrogens (tertiary/aromatic N) is 1. The van der Waals surface area contributed by atoms with Gasteiger partial charge in [0, 0.05) is 16.8 Å². The highest BCUT2D eigenvalue weighted by molar-refractivity contribution is 6.30. The van der Waals surface area contributed by atoms with Crippen LogP contribution in [0.2, 0.25) is 5.02 Å². The molecule has 0 bridgehead atoms. The first-order chi connectivity index (χ1) is 9.75. The van der Waals surface area contributed by atoms with E-state index in [1.54, 1.807) is 6.07 Å². The zero-order chi connectivity index (χ0) is 15.6. The van der Waals surface area contributed by atoms with Gasteiger partial charge >= 0.3 is 6.18 Å². The van der Waals surface area contributed by atoms with E-state index in [-0.39, 0.29) is 11.1 Å². The molecule has 0 radical (unpaired) electrons. The fraction of sp³-hybridized carbons (Fsp3) is 0.600. The number of anilines is 1. The van der Waals surface area contributed by atoms with E-state index in [4.69, 9.17) is 11.6 Å². The largest absolute Gasteiger partial charge is 0.416 e. The molecule has 0 spiro atoms. The van der Waals surface area contributed by atoms with Crippen molar-refractivity contribution < 1.29 is 13.2 Å². The quantitative estimate of drug-likeness (QED) is 0.882. The Morgan fingerprint density at radius 3 is 2.43 bits per heavy atom. The Morgan fingerprint density at radius 2 is 1.86 bits per heavy atom. The molecule has 1 heterocycles. The number of halogens is 4. The third kappa shape index (κ3) is 4.51. The zero-order valence-electron chi connectivity index (χ0n) is 12.2. The molecule has 2 rings (SSSR count). The predicted octanol–water partition coefficient (Wildman–Crippen LogP) is 4.50. The first-order valence-electron chi connectivity index (χ1n) is 7.08. The molecule has 1 atom stereocenters. The normalized spacial score (nSPS) is 19.5. The Balaban J connectivity index is 2.07. The van der Waals surface area contributed by atoms with E-state index in [0.717, 1.165) is 38.1 Å². The lowest BCUT2D eigenvalue weighted by atomic mass is 9.90. The van der Waals surface area contributed by atoms with Crippen LogP contribution in [0.15, 0.2) is 18.2 Å². The van der Waals surface area contributed by atoms with Crippen molar-refractivity contribution in [3.8, 4) is 0 Å². The van der Waals surface area contributed by atoms with Crippen LogP contribution in [0.4, 0.5) is 18.9 Å². The van der Waals surface area contributed by atoms with E-state index in [2.05, 4.69) is 17.3 Å². The Bertz CT molecular complexity index is 482. The lowest BCUT2D eigenvalue weighted by Crippen LogP contribution is -2.37. The molecule has 0 amide bonds. The average molecular weight is 321 g/mol. The van der Waals surface area contributed by atoms with Crippen molar-refractivity contribution in [2.24, 2.45) is 5.92 Å². The summed E-state index contributed by atoms with van der Waals surface area (Å²) in [7, 11) is 2.08. The van der Waals surface area contributed by atoms with Gasteiger partial charge in [0.1, 0.15) is 0 Å². The summed E-state index contributed by atoms with van der Waals surface area (Å²) in [6, 6.07) is 3.74. The van der Waals surface area contributed by atoms with Gasteiger partial charge in [0.15, 0.2) is 0 Å². The Hall–Kier alpha value is -0.940. The van der Waals surface area contributed by atoms with Crippen molar-refractivity contribution in [3.05, 3.63) is 28.8 Å². The molecule has 1 aromatic carbocycles. The molecular formula is C15H20ClF3N2. The number of hydrogen-bond donors (Lipinski definition) is 1. The average Bonchev–Trinajstić information content (AvgIpc) is 2.37. The Kier molecular flexibility index (Phi) is 5.04. The van der Waals surface area contributed by atoms with Crippen LogP contribution in [0.25, 0.3) is 0 Å². The summed E-state index contributed by atoms with van der Waals surface area (Å²) < 4.78 is 38.4. The van der Waals surface area contributed by atoms with Crippen molar-refractivity contribution in [3.63, 3.8) is 0 Å². The lowest BCUT2D eigenvalue weighted by molar-refractivity contribution is -0.137. The first-order valence-corrected chi connectivity index (χ1v) is 7.46. The molecule has 0 aliphatic carbocycles. The molecule has 2 nitrogen and oxygen atoms in total. The molecule has 0 aromatic heterocycles. The third-order valence-electron chi connectivity index (χ3n) is 4.09. The van der Waals surface area contributed by atoms with E-state index in [9.17, 15) is 13.2 Å². The summed E-state index contributed by atoms with van der Waals surface area (Å²) in [6.07, 6.45) is -2.27. The zero-order valence-corrected chi connectivity index (χ0v) is 12.9. The third-order valence-corrected chi connectivity index (χ3v) is 4.31. The summed E-state index contributed by atoms with van der Waals surface area (Å²) in [5.41, 5.74) is -0.283. The summed E-state index contributed by atoms with van der Waals surface area (Å²) in [5.74, 6) is 0.467. The van der Waals surface area contributed by atoms with Gasteiger partial charge in [-0.15, -0.1) is 0 Å². The molecule has 21 heavy (non-hydrogen) atoms. The maximum absolute atomic E-state index is 12.8. The van der Waals surface area contributed by atoms with Crippen molar-refractivity contribution in [1.82, 2.24) is 4.90 Å². The van der Waals surface area contributed by atoms with Crippen LogP contribution in [0, 0.1) is 5.92 Å². The summed E-state index contributed by atoms with van der Waals surface area (Å²) in [4.78, 5) is 2.27. The van der Waals surface area contributed by atoms with Gasteiger partial charge < -0.3 is 10.2 Å². The second kappa shape index (κ2) is 6.44. The van der Waals surface area contributed by atoms with Crippen LogP contribution in [-0.2, 0) is 6.18 Å². The maximum atomic E-state index is 12.8. The number of piperidine rings is 1. The molecule has 1 aromatic rings. The highest BCUT2D eigenvalue weighted by Gasteiger charge is 2.31. The monoisotopic (exact) mass is 320 g/mol. The van der Waals surface area contributed by atoms with Gasteiger partial charge in [0.25, 0.3) is 0 Å². The van der Waals surface area contributed by atoms with Crippen LogP contribution in [0.3, 0.4) is 0 Å². The van der Waals surface area contributed by atoms with E-state index in [1.807, 2.05) is 6.92 Å². The maximum Gasteiger partial charge on any atom is 0.416 e. The van der Waals surface area contributed by atoms with Gasteiger partial charge in [-0.3, -0.25) is 0 Å². The fourth-order valence-corrected chi connectivity index (χ4v) is 2.98. The van der Waals surface area contributed by atoms with Gasteiger partial charge in [-0.05, 0) is 64.0 Å². The van der Waals surface area contributed by atoms with Gasteiger partial charge in [-0.25, -0.2) is 0 Å². The molecule has 1 aliphatic heterocycles. The molecule has 1 aliphatic rings. The van der Waals surface area contributed by atoms with Crippen LogP contribution < -0.4 is 5.32 Å². The molecule has 1 unspecified atom stereocenters. The van der Waals surface area contributed by atoms with Gasteiger partial charge in [-0.2, -0.15) is 13.2 Å². The van der Waals surface area contributed by atoms with E-state index in [1.165, 1.54) is 0 Å². The molecule has 6 heteroatoms. The van der Waals surface area contributed by atoms with E-state index in [0.29, 0.717) is 11.6 Å². The SMILES string of the molecule is CC(Nc1cc(Cl)cc(C(F)(F)F)c1)C1CCN(C)CC1. The Labute approximate surface area is 128 Å². The van der Waals surface area contributed by atoms with Crippen LogP contribution in [0.1, 0.15) is 25.3 Å². The van der Waals surface area contributed by atoms with Crippen molar-refractivity contribution in [2.45, 2.75) is 32.0 Å². The molecular weight excluding hydrogens is 301 g/mol. The minimum absolute atomic E-state index is 0.0999. The second-order valence-electron chi connectivity index (χ2n) is 5.80. The number of hydrogen-bond acceptors (Lipinski definition) is 2. The minimum Gasteiger partial charge on any atom is -0.382 e. The second-order valence-corrected chi connectivity index (χ2v) is 6.24. The van der Waals surface area contributed by atoms with Crippen molar-refractivity contribution in [1.29, 1.82) is 0 Å². The topological polar surface area (TPSA) is 15.3 Å². The van der Waals surface area contributed by atoms with Crippen LogP contribution in [-0.4, -0.2) is 31.1 Å². The van der Waals surface area contributed by atoms with Crippen molar-refractivity contribution >= 4 is 17.3 Å². The fourth-order valence-electron chi connectivity index (χ4n) is 2.75. The molecule has 1 saturated heterocycles. The number of nitrogens with one attached hydrogen (secondary N) is 1. The predicted molar refractivity (Wildman–Crippen MR) is 79.8 cm³/mol. The van der Waals surface area contributed by atoms with Gasteiger partial charge in [0.05, 0.1) is 5.56 Å². The van der Waals surface area contributed by atoms with E-state index >= 15 is 0 Å². The lowest BCUT2D eigenvalue weighted by Gasteiger charge is -2.33. The molecule has 118 valence electrons. The molecule has 0 saturated carbocycles. The van der Waals surface area contributed by atoms with Gasteiger partial charge in [0.2, 0.25) is 0 Å². The smallest absolute Gasteiger partial charge is 0.382 e. The number of alkyl halides is 3. The number of benzene rings is 1. The summed E-state index contributed by atoms with van der Waals surface area (Å²) >= 11 is 5.80. The molecule has 1 N–H and O–H groups in total. The minimum atomic E-state index is -4.38. The molecule has 1 fully saturated rings.